The Bertz CT molecular complexity index is 730. The zero-order valence-corrected chi connectivity index (χ0v) is 21.2. The third kappa shape index (κ3) is 9.78. The molecule has 0 aliphatic carbocycles. The summed E-state index contributed by atoms with van der Waals surface area (Å²) in [6, 6.07) is 0. The molecule has 2 amide bonds. The topological polar surface area (TPSA) is 125 Å². The maximum Gasteiger partial charge on any atom is 0.242 e. The smallest absolute Gasteiger partial charge is 0.242 e. The molecule has 30 heavy (non-hydrogen) atoms. The first kappa shape index (κ1) is 27.6. The van der Waals surface area contributed by atoms with Crippen molar-refractivity contribution in [3.63, 3.8) is 0 Å². The number of likely N-dealkylation sites (tertiary alicyclic amines) is 1. The van der Waals surface area contributed by atoms with Crippen LogP contribution in [0.1, 0.15) is 47.5 Å². The third-order valence-corrected chi connectivity index (χ3v) is 9.53. The summed E-state index contributed by atoms with van der Waals surface area (Å²) < 4.78 is 39.0. The summed E-state index contributed by atoms with van der Waals surface area (Å²) in [5.41, 5.74) is 0. The molecule has 1 rings (SSSR count). The Hall–Kier alpha value is -0.450. The predicted molar refractivity (Wildman–Crippen MR) is 123 cm³/mol. The Kier molecular flexibility index (Phi) is 11.5. The summed E-state index contributed by atoms with van der Waals surface area (Å²) in [4.78, 5) is 25.9. The molecule has 1 heterocycles. The highest BCUT2D eigenvalue weighted by atomic mass is 32.2. The van der Waals surface area contributed by atoms with E-state index in [9.17, 15) is 22.6 Å². The lowest BCUT2D eigenvalue weighted by molar-refractivity contribution is -0.138. The number of carbonyl (C=O) groups is 2. The monoisotopic (exact) mass is 484 g/mol. The van der Waals surface area contributed by atoms with Crippen LogP contribution in [0, 0.1) is 5.92 Å². The zero-order valence-electron chi connectivity index (χ0n) is 18.6. The fourth-order valence-corrected chi connectivity index (χ4v) is 6.59. The van der Waals surface area contributed by atoms with E-state index in [1.54, 1.807) is 0 Å². The number of imide groups is 1. The van der Waals surface area contributed by atoms with Gasteiger partial charge >= 0.3 is 0 Å². The van der Waals surface area contributed by atoms with Crippen molar-refractivity contribution in [2.75, 3.05) is 38.1 Å². The number of thioether (sulfide) groups is 1. The number of hydrogen-bond donors (Lipinski definition) is 3. The van der Waals surface area contributed by atoms with Gasteiger partial charge in [-0.2, -0.15) is 0 Å². The molecule has 12 heteroatoms. The van der Waals surface area contributed by atoms with Crippen LogP contribution < -0.4 is 14.9 Å². The molecular formula is C18H37N4O5PS2. The van der Waals surface area contributed by atoms with Crippen molar-refractivity contribution in [3.05, 3.63) is 0 Å². The van der Waals surface area contributed by atoms with Gasteiger partial charge in [0, 0.05) is 38.8 Å². The lowest BCUT2D eigenvalue weighted by atomic mass is 10.1. The third-order valence-electron chi connectivity index (χ3n) is 4.56. The molecule has 0 bridgehead atoms. The number of sulfonamides is 1. The zero-order chi connectivity index (χ0) is 22.9. The summed E-state index contributed by atoms with van der Waals surface area (Å²) in [5, 5.41) is 5.89. The van der Waals surface area contributed by atoms with Gasteiger partial charge in [0.15, 0.2) is 0 Å². The number of nitrogens with zero attached hydrogens (tertiary/aromatic N) is 1. The van der Waals surface area contributed by atoms with Gasteiger partial charge in [0.1, 0.15) is 0 Å². The van der Waals surface area contributed by atoms with Crippen molar-refractivity contribution >= 4 is 41.0 Å². The largest absolute Gasteiger partial charge is 0.289 e. The minimum absolute atomic E-state index is 0.0414. The molecule has 1 aliphatic heterocycles. The van der Waals surface area contributed by atoms with E-state index >= 15 is 0 Å². The lowest BCUT2D eigenvalue weighted by Gasteiger charge is -2.23. The highest BCUT2D eigenvalue weighted by Crippen LogP contribution is 2.35. The van der Waals surface area contributed by atoms with Crippen molar-refractivity contribution in [1.29, 1.82) is 0 Å². The van der Waals surface area contributed by atoms with Crippen molar-refractivity contribution in [3.8, 4) is 0 Å². The lowest BCUT2D eigenvalue weighted by Crippen LogP contribution is -2.39. The van der Waals surface area contributed by atoms with Crippen LogP contribution in [0.25, 0.3) is 0 Å². The average molecular weight is 485 g/mol. The normalized spacial score (nSPS) is 19.8. The highest BCUT2D eigenvalue weighted by molar-refractivity contribution is 8.01. The Balaban J connectivity index is 2.64. The first-order valence-corrected chi connectivity index (χ1v) is 14.9. The first-order valence-electron chi connectivity index (χ1n) is 10.5. The van der Waals surface area contributed by atoms with Gasteiger partial charge in [0.05, 0.1) is 11.0 Å². The summed E-state index contributed by atoms with van der Waals surface area (Å²) in [7, 11) is -6.45. The van der Waals surface area contributed by atoms with Crippen LogP contribution in [0.3, 0.4) is 0 Å². The van der Waals surface area contributed by atoms with Gasteiger partial charge < -0.3 is 0 Å². The molecule has 176 valence electrons. The molecule has 1 saturated heterocycles. The average Bonchev–Trinajstić information content (AvgIpc) is 2.88. The van der Waals surface area contributed by atoms with Crippen molar-refractivity contribution in [2.45, 2.75) is 58.0 Å². The van der Waals surface area contributed by atoms with Crippen molar-refractivity contribution in [2.24, 2.45) is 5.92 Å². The maximum absolute atomic E-state index is 13.3. The van der Waals surface area contributed by atoms with Crippen LogP contribution in [-0.4, -0.2) is 73.7 Å². The fourth-order valence-electron chi connectivity index (χ4n) is 2.87. The highest BCUT2D eigenvalue weighted by Gasteiger charge is 2.39. The van der Waals surface area contributed by atoms with E-state index in [2.05, 4.69) is 28.7 Å². The molecule has 2 unspecified atom stereocenters. The second-order valence-electron chi connectivity index (χ2n) is 8.02. The minimum Gasteiger partial charge on any atom is -0.289 e. The van der Waals surface area contributed by atoms with E-state index in [4.69, 9.17) is 0 Å². The van der Waals surface area contributed by atoms with Gasteiger partial charge in [0.25, 0.3) is 0 Å². The molecular weight excluding hydrogens is 447 g/mol. The molecule has 0 radical (unpaired) electrons. The van der Waals surface area contributed by atoms with Crippen LogP contribution in [0.5, 0.6) is 0 Å². The van der Waals surface area contributed by atoms with Crippen LogP contribution >= 0.6 is 19.2 Å². The molecule has 9 nitrogen and oxygen atoms in total. The van der Waals surface area contributed by atoms with E-state index in [1.165, 1.54) is 23.6 Å². The number of hydrogen-bond acceptors (Lipinski definition) is 6. The van der Waals surface area contributed by atoms with E-state index in [0.717, 1.165) is 6.42 Å². The number of nitrogens with one attached hydrogen (secondary N) is 3. The van der Waals surface area contributed by atoms with E-state index in [0.29, 0.717) is 12.5 Å². The van der Waals surface area contributed by atoms with Crippen LogP contribution in [0.2, 0.25) is 0 Å². The standard InChI is InChI=1S/C18H37N4O5PS2/c1-6-30(26,27)21-10-12-28(25,19-8-7-14(2)3)20-9-11-22-17(23)13-16(18(22)24)29-15(4)5/h14-16,21H,6-13H2,1-5H3,(H2,19,20,25). The van der Waals surface area contributed by atoms with Gasteiger partial charge in [-0.3, -0.25) is 29.2 Å². The van der Waals surface area contributed by atoms with E-state index in [1.807, 2.05) is 13.8 Å². The Morgan fingerprint density at radius 3 is 2.33 bits per heavy atom. The molecule has 0 aromatic heterocycles. The Labute approximate surface area is 185 Å². The minimum atomic E-state index is -3.37. The number of carbonyl (C=O) groups excluding carboxylic acids is 2. The summed E-state index contributed by atoms with van der Waals surface area (Å²) in [5.74, 6) is -0.0166. The molecule has 1 aliphatic rings. The summed E-state index contributed by atoms with van der Waals surface area (Å²) in [6.45, 7) is 10.5. The second kappa shape index (κ2) is 12.6. The Morgan fingerprint density at radius 1 is 1.13 bits per heavy atom. The molecule has 0 aromatic carbocycles. The van der Waals surface area contributed by atoms with Crippen LogP contribution in [0.4, 0.5) is 0 Å². The van der Waals surface area contributed by atoms with Crippen LogP contribution in [0.15, 0.2) is 0 Å². The Morgan fingerprint density at radius 2 is 1.77 bits per heavy atom. The quantitative estimate of drug-likeness (QED) is 0.237. The molecule has 1 fully saturated rings. The number of amides is 2. The summed E-state index contributed by atoms with van der Waals surface area (Å²) >= 11 is 1.48. The van der Waals surface area contributed by atoms with Crippen LogP contribution in [-0.2, 0) is 24.2 Å². The van der Waals surface area contributed by atoms with Crippen molar-refractivity contribution in [1.82, 2.24) is 19.8 Å². The first-order chi connectivity index (χ1) is 13.9. The molecule has 0 saturated carbocycles. The van der Waals surface area contributed by atoms with Gasteiger partial charge in [0.2, 0.25) is 29.3 Å². The van der Waals surface area contributed by atoms with E-state index < -0.39 is 17.5 Å². The molecule has 0 spiro atoms. The van der Waals surface area contributed by atoms with Gasteiger partial charge in [-0.25, -0.2) is 13.1 Å². The van der Waals surface area contributed by atoms with Crippen molar-refractivity contribution < 1.29 is 22.6 Å². The fraction of sp³-hybridized carbons (Fsp3) is 0.889. The summed E-state index contributed by atoms with van der Waals surface area (Å²) in [6.07, 6.45) is 1.12. The molecule has 3 N–H and O–H groups in total. The SMILES string of the molecule is CCS(=O)(=O)NCCP(=O)(NCCC(C)C)NCCN1C(=O)CC(SC(C)C)C1=O. The van der Waals surface area contributed by atoms with Gasteiger partial charge in [-0.1, -0.05) is 27.7 Å². The molecule has 2 atom stereocenters. The predicted octanol–water partition coefficient (Wildman–Crippen LogP) is 1.61. The second-order valence-corrected chi connectivity index (χ2v) is 14.5. The molecule has 0 aromatic rings. The van der Waals surface area contributed by atoms with E-state index in [-0.39, 0.29) is 60.3 Å². The number of rotatable bonds is 15. The van der Waals surface area contributed by atoms with Gasteiger partial charge in [-0.15, -0.1) is 11.8 Å². The van der Waals surface area contributed by atoms with Gasteiger partial charge in [-0.05, 0) is 24.5 Å². The maximum atomic E-state index is 13.3.